The lowest BCUT2D eigenvalue weighted by Crippen LogP contribution is -2.25. The molecule has 0 saturated heterocycles. The highest BCUT2D eigenvalue weighted by atomic mass is 16.6. The minimum Gasteiger partial charge on any atom is -0.489 e. The Balaban J connectivity index is 1.33. The van der Waals surface area contributed by atoms with Gasteiger partial charge in [0.2, 0.25) is 0 Å². The van der Waals surface area contributed by atoms with E-state index in [0.717, 1.165) is 12.0 Å². The molecule has 0 unspecified atom stereocenters. The highest BCUT2D eigenvalue weighted by Crippen LogP contribution is 2.42. The molecule has 11 heteroatoms. The van der Waals surface area contributed by atoms with E-state index < -0.39 is 30.0 Å². The topological polar surface area (TPSA) is 135 Å². The SMILES string of the molecule is CC1(C)Cc2cccc(OCC(=O)OCC(=O)Nc3cc4c(cc3[N+](=O)[O-])OCCCO4)c2O1. The van der Waals surface area contributed by atoms with Gasteiger partial charge in [-0.2, -0.15) is 0 Å². The van der Waals surface area contributed by atoms with Crippen LogP contribution < -0.4 is 24.3 Å². The number of anilines is 1. The average Bonchev–Trinajstić information content (AvgIpc) is 2.94. The van der Waals surface area contributed by atoms with Crippen LogP contribution in [-0.2, 0) is 20.7 Å². The van der Waals surface area contributed by atoms with Gasteiger partial charge in [0.1, 0.15) is 11.3 Å². The quantitative estimate of drug-likeness (QED) is 0.366. The van der Waals surface area contributed by atoms with E-state index in [1.807, 2.05) is 19.9 Å². The van der Waals surface area contributed by atoms with Crippen molar-refractivity contribution in [3.05, 3.63) is 46.0 Å². The number of esters is 1. The summed E-state index contributed by atoms with van der Waals surface area (Å²) in [7, 11) is 0. The first kappa shape index (κ1) is 23.1. The first-order chi connectivity index (χ1) is 16.2. The molecule has 2 aliphatic rings. The molecular formula is C23H24N2O9. The van der Waals surface area contributed by atoms with E-state index in [9.17, 15) is 19.7 Å². The van der Waals surface area contributed by atoms with Crippen molar-refractivity contribution in [3.63, 3.8) is 0 Å². The Morgan fingerprint density at radius 1 is 1.15 bits per heavy atom. The molecule has 1 N–H and O–H groups in total. The van der Waals surface area contributed by atoms with Gasteiger partial charge in [-0.15, -0.1) is 0 Å². The van der Waals surface area contributed by atoms with Crippen LogP contribution in [0.4, 0.5) is 11.4 Å². The molecule has 0 aromatic heterocycles. The normalized spacial score (nSPS) is 15.4. The van der Waals surface area contributed by atoms with Crippen LogP contribution in [0.5, 0.6) is 23.0 Å². The monoisotopic (exact) mass is 472 g/mol. The molecule has 11 nitrogen and oxygen atoms in total. The zero-order valence-corrected chi connectivity index (χ0v) is 18.8. The number of carbonyl (C=O) groups excluding carboxylic acids is 2. The minimum atomic E-state index is -0.779. The lowest BCUT2D eigenvalue weighted by molar-refractivity contribution is -0.384. The second-order valence-corrected chi connectivity index (χ2v) is 8.40. The molecule has 0 bridgehead atoms. The summed E-state index contributed by atoms with van der Waals surface area (Å²) in [5.74, 6) is -0.0306. The highest BCUT2D eigenvalue weighted by molar-refractivity contribution is 5.95. The number of nitro benzene ring substituents is 1. The van der Waals surface area contributed by atoms with Gasteiger partial charge in [-0.05, 0) is 19.9 Å². The molecule has 0 atom stereocenters. The van der Waals surface area contributed by atoms with E-state index >= 15 is 0 Å². The zero-order valence-electron chi connectivity index (χ0n) is 18.8. The van der Waals surface area contributed by atoms with E-state index in [4.69, 9.17) is 23.7 Å². The summed E-state index contributed by atoms with van der Waals surface area (Å²) in [5.41, 5.74) is 0.155. The zero-order chi connectivity index (χ0) is 24.3. The fourth-order valence-corrected chi connectivity index (χ4v) is 3.66. The summed E-state index contributed by atoms with van der Waals surface area (Å²) in [5, 5.41) is 13.8. The molecule has 2 aliphatic heterocycles. The molecular weight excluding hydrogens is 448 g/mol. The van der Waals surface area contributed by atoms with E-state index in [2.05, 4.69) is 5.32 Å². The molecule has 2 heterocycles. The number of nitrogens with zero attached hydrogens (tertiary/aromatic N) is 1. The lowest BCUT2D eigenvalue weighted by Gasteiger charge is -2.18. The van der Waals surface area contributed by atoms with Crippen LogP contribution in [0.3, 0.4) is 0 Å². The molecule has 0 fully saturated rings. The number of hydrogen-bond donors (Lipinski definition) is 1. The van der Waals surface area contributed by atoms with Crippen molar-refractivity contribution in [2.45, 2.75) is 32.3 Å². The largest absolute Gasteiger partial charge is 0.489 e. The molecule has 0 aliphatic carbocycles. The third-order valence-corrected chi connectivity index (χ3v) is 5.10. The van der Waals surface area contributed by atoms with Gasteiger partial charge in [0.15, 0.2) is 36.2 Å². The molecule has 2 aromatic rings. The van der Waals surface area contributed by atoms with Crippen LogP contribution in [0, 0.1) is 10.1 Å². The van der Waals surface area contributed by atoms with Crippen molar-refractivity contribution in [1.82, 2.24) is 0 Å². The first-order valence-corrected chi connectivity index (χ1v) is 10.7. The van der Waals surface area contributed by atoms with Crippen molar-refractivity contribution in [2.24, 2.45) is 0 Å². The Bertz CT molecular complexity index is 1130. The Morgan fingerprint density at radius 2 is 1.88 bits per heavy atom. The Kier molecular flexibility index (Phi) is 6.44. The molecule has 34 heavy (non-hydrogen) atoms. The molecule has 4 rings (SSSR count). The summed E-state index contributed by atoms with van der Waals surface area (Å²) in [6, 6.07) is 7.93. The first-order valence-electron chi connectivity index (χ1n) is 10.7. The van der Waals surface area contributed by atoms with Gasteiger partial charge in [-0.25, -0.2) is 4.79 Å². The van der Waals surface area contributed by atoms with Gasteiger partial charge in [0, 0.05) is 24.5 Å². The number of para-hydroxylation sites is 1. The predicted octanol–water partition coefficient (Wildman–Crippen LogP) is 3.03. The molecule has 180 valence electrons. The third kappa shape index (κ3) is 5.30. The number of rotatable bonds is 7. The van der Waals surface area contributed by atoms with E-state index in [-0.39, 0.29) is 28.5 Å². The number of carbonyl (C=O) groups is 2. The molecule has 2 aromatic carbocycles. The second-order valence-electron chi connectivity index (χ2n) is 8.40. The lowest BCUT2D eigenvalue weighted by atomic mass is 10.0. The summed E-state index contributed by atoms with van der Waals surface area (Å²) >= 11 is 0. The third-order valence-electron chi connectivity index (χ3n) is 5.10. The maximum atomic E-state index is 12.3. The van der Waals surface area contributed by atoms with E-state index in [1.54, 1.807) is 12.1 Å². The number of ether oxygens (including phenoxy) is 5. The van der Waals surface area contributed by atoms with Crippen molar-refractivity contribution in [3.8, 4) is 23.0 Å². The number of benzene rings is 2. The standard InChI is InChI=1S/C23H24N2O9/c1-23(2)11-14-5-3-6-17(22(14)34-23)32-13-21(27)33-12-20(26)24-15-9-18-19(10-16(15)25(28)29)31-8-4-7-30-18/h3,5-6,9-10H,4,7-8,11-13H2,1-2H3,(H,24,26). The fraction of sp³-hybridized carbons (Fsp3) is 0.391. The number of hydrogen-bond acceptors (Lipinski definition) is 9. The van der Waals surface area contributed by atoms with E-state index in [0.29, 0.717) is 31.1 Å². The smallest absolute Gasteiger partial charge is 0.344 e. The van der Waals surface area contributed by atoms with Crippen LogP contribution in [0.15, 0.2) is 30.3 Å². The average molecular weight is 472 g/mol. The Morgan fingerprint density at radius 3 is 2.62 bits per heavy atom. The number of nitro groups is 1. The Hall–Kier alpha value is -4.02. The van der Waals surface area contributed by atoms with Gasteiger partial charge in [-0.3, -0.25) is 14.9 Å². The van der Waals surface area contributed by atoms with Gasteiger partial charge in [-0.1, -0.05) is 12.1 Å². The van der Waals surface area contributed by atoms with Gasteiger partial charge >= 0.3 is 5.97 Å². The van der Waals surface area contributed by atoms with Gasteiger partial charge in [0.25, 0.3) is 11.6 Å². The van der Waals surface area contributed by atoms with Crippen LogP contribution >= 0.6 is 0 Å². The second kappa shape index (κ2) is 9.46. The van der Waals surface area contributed by atoms with Crippen molar-refractivity contribution in [2.75, 3.05) is 31.7 Å². The molecule has 0 saturated carbocycles. The molecule has 0 spiro atoms. The summed E-state index contributed by atoms with van der Waals surface area (Å²) in [6.45, 7) is 3.57. The molecule has 1 amide bonds. The van der Waals surface area contributed by atoms with Crippen molar-refractivity contribution < 1.29 is 38.2 Å². The molecule has 0 radical (unpaired) electrons. The minimum absolute atomic E-state index is 0.0915. The summed E-state index contributed by atoms with van der Waals surface area (Å²) in [4.78, 5) is 35.2. The Labute approximate surface area is 195 Å². The predicted molar refractivity (Wildman–Crippen MR) is 119 cm³/mol. The number of amides is 1. The van der Waals surface area contributed by atoms with Crippen LogP contribution in [-0.4, -0.2) is 48.8 Å². The van der Waals surface area contributed by atoms with Crippen molar-refractivity contribution >= 4 is 23.3 Å². The van der Waals surface area contributed by atoms with Crippen LogP contribution in [0.2, 0.25) is 0 Å². The van der Waals surface area contributed by atoms with E-state index in [1.165, 1.54) is 12.1 Å². The van der Waals surface area contributed by atoms with Gasteiger partial charge in [0.05, 0.1) is 24.2 Å². The maximum Gasteiger partial charge on any atom is 0.344 e. The van der Waals surface area contributed by atoms with Gasteiger partial charge < -0.3 is 29.0 Å². The highest BCUT2D eigenvalue weighted by Gasteiger charge is 2.32. The van der Waals surface area contributed by atoms with Crippen LogP contribution in [0.25, 0.3) is 0 Å². The fourth-order valence-electron chi connectivity index (χ4n) is 3.66. The maximum absolute atomic E-state index is 12.3. The number of nitrogens with one attached hydrogen (secondary N) is 1. The van der Waals surface area contributed by atoms with Crippen LogP contribution in [0.1, 0.15) is 25.8 Å². The van der Waals surface area contributed by atoms with Crippen molar-refractivity contribution in [1.29, 1.82) is 0 Å². The summed E-state index contributed by atoms with van der Waals surface area (Å²) < 4.78 is 27.3. The summed E-state index contributed by atoms with van der Waals surface area (Å²) in [6.07, 6.45) is 1.34. The number of fused-ring (bicyclic) bond motifs is 2.